The van der Waals surface area contributed by atoms with Gasteiger partial charge in [-0.1, -0.05) is 48.5 Å². The molecule has 2 unspecified atom stereocenters. The summed E-state index contributed by atoms with van der Waals surface area (Å²) in [6.07, 6.45) is 2.19. The molecule has 162 valence electrons. The molecule has 5 nitrogen and oxygen atoms in total. The topological polar surface area (TPSA) is 56.7 Å². The van der Waals surface area contributed by atoms with Gasteiger partial charge in [0.1, 0.15) is 0 Å². The molecule has 3 rings (SSSR count). The Morgan fingerprint density at radius 2 is 1.73 bits per heavy atom. The van der Waals surface area contributed by atoms with Crippen molar-refractivity contribution in [2.24, 2.45) is 4.99 Å². The Balaban J connectivity index is 1.47. The minimum Gasteiger partial charge on any atom is -0.357 e. The molecule has 2 aromatic rings. The number of benzene rings is 2. The molecule has 0 aromatic heterocycles. The molecule has 2 atom stereocenters. The summed E-state index contributed by atoms with van der Waals surface area (Å²) in [7, 11) is -1.01. The van der Waals surface area contributed by atoms with Gasteiger partial charge in [0, 0.05) is 42.4 Å². The number of nitrogens with one attached hydrogen (secondary N) is 2. The number of hydrogen-bond acceptors (Lipinski definition) is 3. The predicted molar refractivity (Wildman–Crippen MR) is 126 cm³/mol. The van der Waals surface area contributed by atoms with Crippen molar-refractivity contribution in [1.29, 1.82) is 0 Å². The minimum absolute atomic E-state index is 0.418. The molecule has 1 fully saturated rings. The van der Waals surface area contributed by atoms with Gasteiger partial charge >= 0.3 is 0 Å². The summed E-state index contributed by atoms with van der Waals surface area (Å²) in [5, 5.41) is 6.91. The Morgan fingerprint density at radius 3 is 2.37 bits per heavy atom. The van der Waals surface area contributed by atoms with E-state index < -0.39 is 10.8 Å². The van der Waals surface area contributed by atoms with Crippen molar-refractivity contribution in [3.8, 4) is 0 Å². The molecule has 1 aliphatic rings. The van der Waals surface area contributed by atoms with Gasteiger partial charge in [0.2, 0.25) is 0 Å². The lowest BCUT2D eigenvalue weighted by Crippen LogP contribution is -2.49. The van der Waals surface area contributed by atoms with Gasteiger partial charge in [-0.2, -0.15) is 0 Å². The van der Waals surface area contributed by atoms with Crippen LogP contribution < -0.4 is 10.6 Å². The average Bonchev–Trinajstić information content (AvgIpc) is 2.80. The van der Waals surface area contributed by atoms with Gasteiger partial charge in [-0.25, -0.2) is 0 Å². The minimum atomic E-state index is -1.01. The summed E-state index contributed by atoms with van der Waals surface area (Å²) in [6, 6.07) is 21.2. The van der Waals surface area contributed by atoms with Crippen LogP contribution in [0.4, 0.5) is 0 Å². The molecule has 0 saturated carbocycles. The highest BCUT2D eigenvalue weighted by Gasteiger charge is 2.24. The van der Waals surface area contributed by atoms with Gasteiger partial charge in [-0.05, 0) is 44.4 Å². The molecule has 6 heteroatoms. The summed E-state index contributed by atoms with van der Waals surface area (Å²) >= 11 is 0. The molecule has 30 heavy (non-hydrogen) atoms. The van der Waals surface area contributed by atoms with Crippen LogP contribution in [0.25, 0.3) is 0 Å². The fourth-order valence-electron chi connectivity index (χ4n) is 3.82. The van der Waals surface area contributed by atoms with Crippen LogP contribution in [-0.2, 0) is 10.8 Å². The monoisotopic (exact) mass is 426 g/mol. The molecule has 0 amide bonds. The Morgan fingerprint density at radius 1 is 1.10 bits per heavy atom. The third kappa shape index (κ3) is 6.67. The number of rotatable bonds is 8. The zero-order valence-electron chi connectivity index (χ0n) is 18.1. The summed E-state index contributed by atoms with van der Waals surface area (Å²) in [4.78, 5) is 8.08. The van der Waals surface area contributed by atoms with E-state index in [1.165, 1.54) is 5.56 Å². The molecule has 1 aliphatic heterocycles. The number of piperidine rings is 1. The number of likely N-dealkylation sites (tertiary alicyclic amines) is 1. The lowest BCUT2D eigenvalue weighted by atomic mass is 10.0. The van der Waals surface area contributed by atoms with Crippen LogP contribution in [0.2, 0.25) is 0 Å². The third-order valence-corrected chi connectivity index (χ3v) is 6.95. The molecule has 0 aliphatic carbocycles. The fraction of sp³-hybridized carbons (Fsp3) is 0.458. The first-order valence-electron chi connectivity index (χ1n) is 10.9. The van der Waals surface area contributed by atoms with Crippen LogP contribution >= 0.6 is 0 Å². The maximum Gasteiger partial charge on any atom is 0.191 e. The Labute approximate surface area is 183 Å². The maximum atomic E-state index is 12.4. The molecular weight excluding hydrogens is 392 g/mol. The Kier molecular flexibility index (Phi) is 8.90. The number of hydrogen-bond donors (Lipinski definition) is 2. The highest BCUT2D eigenvalue weighted by Crippen LogP contribution is 2.23. The summed E-state index contributed by atoms with van der Waals surface area (Å²) in [5.41, 5.74) is 1.38. The molecular formula is C24H34N4OS. The van der Waals surface area contributed by atoms with Crippen molar-refractivity contribution in [2.45, 2.75) is 43.7 Å². The van der Waals surface area contributed by atoms with Gasteiger partial charge < -0.3 is 10.6 Å². The lowest BCUT2D eigenvalue weighted by Gasteiger charge is -2.37. The van der Waals surface area contributed by atoms with E-state index in [2.05, 4.69) is 64.7 Å². The van der Waals surface area contributed by atoms with E-state index in [0.717, 1.165) is 43.3 Å². The van der Waals surface area contributed by atoms with Crippen LogP contribution in [-0.4, -0.2) is 53.0 Å². The largest absolute Gasteiger partial charge is 0.357 e. The lowest BCUT2D eigenvalue weighted by molar-refractivity contribution is 0.158. The average molecular weight is 427 g/mol. The zero-order valence-corrected chi connectivity index (χ0v) is 18.9. The van der Waals surface area contributed by atoms with Crippen LogP contribution in [0, 0.1) is 0 Å². The van der Waals surface area contributed by atoms with E-state index in [1.54, 1.807) is 0 Å². The summed E-state index contributed by atoms with van der Waals surface area (Å²) in [6.45, 7) is 7.87. The highest BCUT2D eigenvalue weighted by atomic mass is 32.2. The molecule has 0 bridgehead atoms. The second kappa shape index (κ2) is 11.9. The molecule has 1 saturated heterocycles. The van der Waals surface area contributed by atoms with Crippen LogP contribution in [0.15, 0.2) is 70.6 Å². The molecule has 2 N–H and O–H groups in total. The zero-order chi connectivity index (χ0) is 21.2. The molecule has 0 radical (unpaired) electrons. The van der Waals surface area contributed by atoms with E-state index in [1.807, 2.05) is 30.3 Å². The van der Waals surface area contributed by atoms with Crippen molar-refractivity contribution < 1.29 is 4.21 Å². The maximum absolute atomic E-state index is 12.4. The van der Waals surface area contributed by atoms with Crippen molar-refractivity contribution >= 4 is 16.8 Å². The van der Waals surface area contributed by atoms with Crippen molar-refractivity contribution in [1.82, 2.24) is 15.5 Å². The van der Waals surface area contributed by atoms with Crippen molar-refractivity contribution in [3.05, 3.63) is 66.2 Å². The van der Waals surface area contributed by atoms with Crippen LogP contribution in [0.5, 0.6) is 0 Å². The van der Waals surface area contributed by atoms with Crippen molar-refractivity contribution in [3.63, 3.8) is 0 Å². The fourth-order valence-corrected chi connectivity index (χ4v) is 4.77. The summed E-state index contributed by atoms with van der Waals surface area (Å²) < 4.78 is 12.4. The SMILES string of the molecule is CCNC(=NCCS(=O)c1ccccc1)NC1CCN(C(C)c2ccccc2)CC1. The van der Waals surface area contributed by atoms with Crippen molar-refractivity contribution in [2.75, 3.05) is 31.9 Å². The van der Waals surface area contributed by atoms with Crippen LogP contribution in [0.1, 0.15) is 38.3 Å². The van der Waals surface area contributed by atoms with E-state index in [0.29, 0.717) is 24.4 Å². The quantitative estimate of drug-likeness (QED) is 0.500. The van der Waals surface area contributed by atoms with Gasteiger partial charge in [-0.3, -0.25) is 14.1 Å². The Bertz CT molecular complexity index is 804. The smallest absolute Gasteiger partial charge is 0.191 e. The number of nitrogens with zero attached hydrogens (tertiary/aromatic N) is 2. The first kappa shape index (κ1) is 22.5. The first-order chi connectivity index (χ1) is 14.7. The number of guanidine groups is 1. The molecule has 0 spiro atoms. The van der Waals surface area contributed by atoms with E-state index in [9.17, 15) is 4.21 Å². The normalized spacial score (nSPS) is 18.0. The van der Waals surface area contributed by atoms with Gasteiger partial charge in [0.25, 0.3) is 0 Å². The second-order valence-corrected chi connectivity index (χ2v) is 9.24. The number of aliphatic imine (C=N–C) groups is 1. The second-order valence-electron chi connectivity index (χ2n) is 7.66. The molecule has 1 heterocycles. The predicted octanol–water partition coefficient (Wildman–Crippen LogP) is 3.57. The Hall–Kier alpha value is -2.18. The van der Waals surface area contributed by atoms with E-state index >= 15 is 0 Å². The molecule has 2 aromatic carbocycles. The highest BCUT2D eigenvalue weighted by molar-refractivity contribution is 7.85. The van der Waals surface area contributed by atoms with Gasteiger partial charge in [-0.15, -0.1) is 0 Å². The standard InChI is InChI=1S/C24H34N4OS/c1-3-25-24(26-16-19-30(29)23-12-8-5-9-13-23)27-22-14-17-28(18-15-22)20(2)21-10-6-4-7-11-21/h4-13,20,22H,3,14-19H2,1-2H3,(H2,25,26,27). The van der Waals surface area contributed by atoms with E-state index in [-0.39, 0.29) is 0 Å². The van der Waals surface area contributed by atoms with E-state index in [4.69, 9.17) is 0 Å². The first-order valence-corrected chi connectivity index (χ1v) is 12.3. The van der Waals surface area contributed by atoms with Gasteiger partial charge in [0.05, 0.1) is 17.3 Å². The summed E-state index contributed by atoms with van der Waals surface area (Å²) in [5.74, 6) is 1.37. The van der Waals surface area contributed by atoms with Gasteiger partial charge in [0.15, 0.2) is 5.96 Å². The van der Waals surface area contributed by atoms with Crippen LogP contribution in [0.3, 0.4) is 0 Å². The third-order valence-electron chi connectivity index (χ3n) is 5.60.